The van der Waals surface area contributed by atoms with Gasteiger partial charge in [0.15, 0.2) is 0 Å². The zero-order valence-corrected chi connectivity index (χ0v) is 12.3. The molecule has 1 aromatic carbocycles. The van der Waals surface area contributed by atoms with E-state index in [2.05, 4.69) is 11.1 Å². The highest BCUT2D eigenvalue weighted by atomic mass is 32.2. The summed E-state index contributed by atoms with van der Waals surface area (Å²) in [4.78, 5) is 19.3. The van der Waals surface area contributed by atoms with E-state index < -0.39 is 0 Å². The molecule has 2 heterocycles. The predicted molar refractivity (Wildman–Crippen MR) is 81.9 cm³/mol. The fraction of sp³-hybridized carbons (Fsp3) is 0.188. The molecular formula is C16H13N3OS. The summed E-state index contributed by atoms with van der Waals surface area (Å²) < 4.78 is 0. The first-order valence-electron chi connectivity index (χ1n) is 6.60. The molecule has 0 bridgehead atoms. The molecule has 1 unspecified atom stereocenters. The van der Waals surface area contributed by atoms with Crippen molar-refractivity contribution in [3.8, 4) is 6.07 Å². The molecule has 1 atom stereocenters. The van der Waals surface area contributed by atoms with Gasteiger partial charge in [0.1, 0.15) is 0 Å². The lowest BCUT2D eigenvalue weighted by Crippen LogP contribution is -2.39. The highest BCUT2D eigenvalue weighted by Crippen LogP contribution is 2.40. The minimum absolute atomic E-state index is 0.0689. The molecule has 0 fully saturated rings. The molecule has 0 radical (unpaired) electrons. The van der Waals surface area contributed by atoms with Gasteiger partial charge < -0.3 is 4.90 Å². The number of nitriles is 1. The number of fused-ring (bicyclic) bond motifs is 1. The molecule has 0 saturated heterocycles. The molecule has 0 saturated carbocycles. The molecule has 5 heteroatoms. The number of pyridine rings is 1. The zero-order chi connectivity index (χ0) is 14.8. The Balaban J connectivity index is 2.03. The van der Waals surface area contributed by atoms with Crippen molar-refractivity contribution in [1.82, 2.24) is 4.98 Å². The number of anilines is 1. The van der Waals surface area contributed by atoms with E-state index in [1.807, 2.05) is 25.1 Å². The van der Waals surface area contributed by atoms with Crippen LogP contribution in [0.5, 0.6) is 0 Å². The normalized spacial score (nSPS) is 17.2. The number of carbonyl (C=O) groups is 1. The number of thioether (sulfide) groups is 1. The molecule has 0 spiro atoms. The van der Waals surface area contributed by atoms with Crippen molar-refractivity contribution >= 4 is 23.4 Å². The Morgan fingerprint density at radius 1 is 1.33 bits per heavy atom. The van der Waals surface area contributed by atoms with Crippen LogP contribution < -0.4 is 4.90 Å². The Labute approximate surface area is 127 Å². The second-order valence-electron chi connectivity index (χ2n) is 4.83. The Morgan fingerprint density at radius 3 is 2.81 bits per heavy atom. The number of aromatic nitrogens is 1. The zero-order valence-electron chi connectivity index (χ0n) is 11.5. The third-order valence-electron chi connectivity index (χ3n) is 3.39. The van der Waals surface area contributed by atoms with Crippen molar-refractivity contribution in [1.29, 1.82) is 5.26 Å². The minimum atomic E-state index is -0.118. The van der Waals surface area contributed by atoms with E-state index >= 15 is 0 Å². The van der Waals surface area contributed by atoms with Crippen molar-refractivity contribution in [3.63, 3.8) is 0 Å². The average molecular weight is 295 g/mol. The van der Waals surface area contributed by atoms with Gasteiger partial charge in [-0.15, -0.1) is 11.8 Å². The molecule has 0 aliphatic carbocycles. The summed E-state index contributed by atoms with van der Waals surface area (Å²) in [6.07, 6.45) is 3.43. The fourth-order valence-electron chi connectivity index (χ4n) is 2.31. The monoisotopic (exact) mass is 295 g/mol. The summed E-state index contributed by atoms with van der Waals surface area (Å²) in [5.74, 6) is 0.0689. The number of hydrogen-bond donors (Lipinski definition) is 0. The summed E-state index contributed by atoms with van der Waals surface area (Å²) in [7, 11) is 0. The molecule has 3 rings (SSSR count). The lowest BCUT2D eigenvalue weighted by molar-refractivity contribution is -0.118. The van der Waals surface area contributed by atoms with E-state index in [-0.39, 0.29) is 11.2 Å². The van der Waals surface area contributed by atoms with Gasteiger partial charge in [-0.25, -0.2) is 0 Å². The largest absolute Gasteiger partial charge is 0.306 e. The highest BCUT2D eigenvalue weighted by Gasteiger charge is 2.30. The van der Waals surface area contributed by atoms with Crippen LogP contribution >= 0.6 is 11.8 Å². The summed E-state index contributed by atoms with van der Waals surface area (Å²) in [5.41, 5.74) is 2.40. The van der Waals surface area contributed by atoms with Crippen LogP contribution in [0.15, 0.2) is 47.6 Å². The Morgan fingerprint density at radius 2 is 2.10 bits per heavy atom. The van der Waals surface area contributed by atoms with Crippen molar-refractivity contribution < 1.29 is 4.79 Å². The number of nitrogens with zero attached hydrogens (tertiary/aromatic N) is 3. The number of hydrogen-bond acceptors (Lipinski definition) is 4. The molecular weight excluding hydrogens is 282 g/mol. The third kappa shape index (κ3) is 2.63. The van der Waals surface area contributed by atoms with Gasteiger partial charge in [0, 0.05) is 17.3 Å². The lowest BCUT2D eigenvalue weighted by atomic mass is 10.1. The summed E-state index contributed by atoms with van der Waals surface area (Å²) in [6.45, 7) is 2.40. The maximum Gasteiger partial charge on any atom is 0.240 e. The number of carbonyl (C=O) groups excluding carboxylic acids is 1. The SMILES string of the molecule is CC1Sc2ccc(C#N)cc2N(Cc2ccncc2)C1=O. The smallest absolute Gasteiger partial charge is 0.240 e. The number of amides is 1. The first-order chi connectivity index (χ1) is 10.2. The van der Waals surface area contributed by atoms with Crippen LogP contribution in [0.4, 0.5) is 5.69 Å². The van der Waals surface area contributed by atoms with E-state index in [4.69, 9.17) is 5.26 Å². The van der Waals surface area contributed by atoms with Gasteiger partial charge >= 0.3 is 0 Å². The van der Waals surface area contributed by atoms with Crippen LogP contribution in [0.25, 0.3) is 0 Å². The van der Waals surface area contributed by atoms with Crippen LogP contribution in [-0.4, -0.2) is 16.1 Å². The lowest BCUT2D eigenvalue weighted by Gasteiger charge is -2.32. The molecule has 2 aromatic rings. The number of rotatable bonds is 2. The first-order valence-corrected chi connectivity index (χ1v) is 7.48. The molecule has 1 aromatic heterocycles. The first kappa shape index (κ1) is 13.7. The van der Waals surface area contributed by atoms with Crippen molar-refractivity contribution in [3.05, 3.63) is 53.9 Å². The van der Waals surface area contributed by atoms with Gasteiger partial charge in [-0.2, -0.15) is 5.26 Å². The van der Waals surface area contributed by atoms with E-state index in [1.54, 1.807) is 41.2 Å². The molecule has 1 amide bonds. The van der Waals surface area contributed by atoms with Gasteiger partial charge in [-0.1, -0.05) is 0 Å². The van der Waals surface area contributed by atoms with E-state index in [1.165, 1.54) is 0 Å². The fourth-order valence-corrected chi connectivity index (χ4v) is 3.36. The van der Waals surface area contributed by atoms with Crippen LogP contribution in [0.2, 0.25) is 0 Å². The van der Waals surface area contributed by atoms with Crippen LogP contribution in [0.3, 0.4) is 0 Å². The van der Waals surface area contributed by atoms with Crippen molar-refractivity contribution in [2.45, 2.75) is 23.6 Å². The molecule has 1 aliphatic rings. The Hall–Kier alpha value is -2.32. The average Bonchev–Trinajstić information content (AvgIpc) is 2.52. The van der Waals surface area contributed by atoms with Gasteiger partial charge in [-0.05, 0) is 42.8 Å². The summed E-state index contributed by atoms with van der Waals surface area (Å²) >= 11 is 1.54. The van der Waals surface area contributed by atoms with E-state index in [9.17, 15) is 4.79 Å². The maximum atomic E-state index is 12.5. The molecule has 21 heavy (non-hydrogen) atoms. The van der Waals surface area contributed by atoms with Crippen LogP contribution in [0.1, 0.15) is 18.1 Å². The van der Waals surface area contributed by atoms with Gasteiger partial charge in [0.2, 0.25) is 5.91 Å². The van der Waals surface area contributed by atoms with Crippen molar-refractivity contribution in [2.75, 3.05) is 4.90 Å². The highest BCUT2D eigenvalue weighted by molar-refractivity contribution is 8.00. The maximum absolute atomic E-state index is 12.5. The predicted octanol–water partition coefficient (Wildman–Crippen LogP) is 2.98. The van der Waals surface area contributed by atoms with E-state index in [0.717, 1.165) is 16.1 Å². The second-order valence-corrected chi connectivity index (χ2v) is 6.22. The minimum Gasteiger partial charge on any atom is -0.306 e. The van der Waals surface area contributed by atoms with E-state index in [0.29, 0.717) is 12.1 Å². The summed E-state index contributed by atoms with van der Waals surface area (Å²) in [5, 5.41) is 8.95. The molecule has 4 nitrogen and oxygen atoms in total. The van der Waals surface area contributed by atoms with Gasteiger partial charge in [0.05, 0.1) is 29.1 Å². The Bertz CT molecular complexity index is 724. The topological polar surface area (TPSA) is 57.0 Å². The van der Waals surface area contributed by atoms with Gasteiger partial charge in [-0.3, -0.25) is 9.78 Å². The number of benzene rings is 1. The Kier molecular flexibility index (Phi) is 3.63. The van der Waals surface area contributed by atoms with Gasteiger partial charge in [0.25, 0.3) is 0 Å². The molecule has 104 valence electrons. The van der Waals surface area contributed by atoms with Crippen LogP contribution in [0, 0.1) is 11.3 Å². The standard InChI is InChI=1S/C16H13N3OS/c1-11-16(20)19(10-12-4-6-18-7-5-12)14-8-13(9-17)2-3-15(14)21-11/h2-8,11H,10H2,1H3. The van der Waals surface area contributed by atoms with Crippen molar-refractivity contribution in [2.24, 2.45) is 0 Å². The molecule has 0 N–H and O–H groups in total. The summed E-state index contributed by atoms with van der Waals surface area (Å²) in [6, 6.07) is 11.4. The third-order valence-corrected chi connectivity index (χ3v) is 4.54. The quantitative estimate of drug-likeness (QED) is 0.854. The van der Waals surface area contributed by atoms with Crippen LogP contribution in [-0.2, 0) is 11.3 Å². The molecule has 1 aliphatic heterocycles. The second kappa shape index (κ2) is 5.58.